The number of aromatic nitrogens is 2. The summed E-state index contributed by atoms with van der Waals surface area (Å²) in [5.74, 6) is 0.691. The highest BCUT2D eigenvalue weighted by Crippen LogP contribution is 2.64. The van der Waals surface area contributed by atoms with Gasteiger partial charge in [-0.2, -0.15) is 5.26 Å². The molecule has 4 heteroatoms. The van der Waals surface area contributed by atoms with E-state index in [4.69, 9.17) is 9.97 Å². The molecule has 0 radical (unpaired) electrons. The first-order valence-corrected chi connectivity index (χ1v) is 18.2. The highest BCUT2D eigenvalue weighted by molar-refractivity contribution is 7.99. The fourth-order valence-corrected chi connectivity index (χ4v) is 9.64. The molecule has 7 aromatic carbocycles. The molecule has 242 valence electrons. The van der Waals surface area contributed by atoms with Crippen LogP contribution in [0.2, 0.25) is 0 Å². The minimum atomic E-state index is -0.570. The molecular formula is C48H29N3S. The summed E-state index contributed by atoms with van der Waals surface area (Å²) in [6.45, 7) is 0. The van der Waals surface area contributed by atoms with Gasteiger partial charge >= 0.3 is 0 Å². The Labute approximate surface area is 307 Å². The van der Waals surface area contributed by atoms with Crippen molar-refractivity contribution in [3.8, 4) is 62.2 Å². The van der Waals surface area contributed by atoms with Gasteiger partial charge < -0.3 is 0 Å². The van der Waals surface area contributed by atoms with Gasteiger partial charge in [-0.05, 0) is 62.7 Å². The number of nitriles is 1. The number of benzene rings is 7. The average molecular weight is 680 g/mol. The lowest BCUT2D eigenvalue weighted by molar-refractivity contribution is 0.724. The lowest BCUT2D eigenvalue weighted by atomic mass is 9.66. The minimum absolute atomic E-state index is 0.570. The number of hydrogen-bond acceptors (Lipinski definition) is 4. The van der Waals surface area contributed by atoms with Crippen LogP contribution in [0, 0.1) is 11.3 Å². The van der Waals surface area contributed by atoms with Crippen LogP contribution in [0.5, 0.6) is 0 Å². The van der Waals surface area contributed by atoms with E-state index in [1.807, 2.05) is 54.2 Å². The third-order valence-electron chi connectivity index (χ3n) is 10.4. The number of hydrogen-bond donors (Lipinski definition) is 0. The van der Waals surface area contributed by atoms with Gasteiger partial charge in [0.25, 0.3) is 0 Å². The van der Waals surface area contributed by atoms with Gasteiger partial charge in [-0.1, -0.05) is 169 Å². The van der Waals surface area contributed by atoms with Gasteiger partial charge in [-0.25, -0.2) is 9.97 Å². The largest absolute Gasteiger partial charge is 0.228 e. The van der Waals surface area contributed by atoms with Crippen molar-refractivity contribution in [2.24, 2.45) is 0 Å². The first-order chi connectivity index (χ1) is 25.7. The lowest BCUT2D eigenvalue weighted by Crippen LogP contribution is -2.32. The van der Waals surface area contributed by atoms with E-state index >= 15 is 0 Å². The van der Waals surface area contributed by atoms with Crippen LogP contribution in [0.3, 0.4) is 0 Å². The Morgan fingerprint density at radius 2 is 0.923 bits per heavy atom. The van der Waals surface area contributed by atoms with Crippen LogP contribution in [0.4, 0.5) is 0 Å². The Balaban J connectivity index is 1.30. The molecule has 1 aliphatic heterocycles. The fraction of sp³-hybridized carbons (Fsp3) is 0.0208. The van der Waals surface area contributed by atoms with Crippen LogP contribution >= 0.6 is 11.8 Å². The summed E-state index contributed by atoms with van der Waals surface area (Å²) in [5.41, 5.74) is 14.6. The fourth-order valence-electron chi connectivity index (χ4n) is 8.19. The van der Waals surface area contributed by atoms with E-state index in [2.05, 4.69) is 140 Å². The van der Waals surface area contributed by atoms with Gasteiger partial charge in [0, 0.05) is 26.5 Å². The summed E-state index contributed by atoms with van der Waals surface area (Å²) in [6, 6.07) is 64.2. The van der Waals surface area contributed by atoms with Crippen LogP contribution in [-0.2, 0) is 5.41 Å². The Hall–Kier alpha value is -6.54. The second-order valence-corrected chi connectivity index (χ2v) is 14.2. The lowest BCUT2D eigenvalue weighted by Gasteiger charge is -2.41. The van der Waals surface area contributed by atoms with Crippen molar-refractivity contribution in [1.82, 2.24) is 9.97 Å². The molecule has 52 heavy (non-hydrogen) atoms. The summed E-state index contributed by atoms with van der Waals surface area (Å²) in [4.78, 5) is 12.8. The molecular weight excluding hydrogens is 651 g/mol. The summed E-state index contributed by atoms with van der Waals surface area (Å²) in [7, 11) is 0. The second kappa shape index (κ2) is 12.1. The Morgan fingerprint density at radius 1 is 0.423 bits per heavy atom. The van der Waals surface area contributed by atoms with Gasteiger partial charge in [-0.15, -0.1) is 0 Å². The molecule has 0 saturated heterocycles. The van der Waals surface area contributed by atoms with Crippen molar-refractivity contribution in [2.45, 2.75) is 15.2 Å². The maximum Gasteiger partial charge on any atom is 0.160 e. The predicted molar refractivity (Wildman–Crippen MR) is 210 cm³/mol. The van der Waals surface area contributed by atoms with Crippen molar-refractivity contribution in [2.75, 3.05) is 0 Å². The standard InChI is InChI=1S/C48H29N3S/c49-30-31-14-11-19-34(28-31)35-22-12-26-41-45(35)52-46-38(44-29-43(32-15-3-1-4-16-32)50-47(51-44)33-17-5-2-6-18-33)23-13-27-42(46)48(41)39-24-9-7-20-36(39)37-21-8-10-25-40(37)48/h1-29H. The van der Waals surface area contributed by atoms with Gasteiger partial charge in [0.1, 0.15) is 0 Å². The number of nitrogens with zero attached hydrogens (tertiary/aromatic N) is 3. The third-order valence-corrected chi connectivity index (χ3v) is 11.7. The molecule has 0 atom stereocenters. The van der Waals surface area contributed by atoms with E-state index in [1.54, 1.807) is 0 Å². The zero-order chi connectivity index (χ0) is 34.6. The Bertz CT molecular complexity index is 2630. The van der Waals surface area contributed by atoms with Gasteiger partial charge in [-0.3, -0.25) is 0 Å². The van der Waals surface area contributed by atoms with E-state index in [9.17, 15) is 5.26 Å². The molecule has 0 amide bonds. The van der Waals surface area contributed by atoms with Crippen LogP contribution in [-0.4, -0.2) is 9.97 Å². The molecule has 1 spiro atoms. The molecule has 3 nitrogen and oxygen atoms in total. The zero-order valence-corrected chi connectivity index (χ0v) is 28.8. The summed E-state index contributed by atoms with van der Waals surface area (Å²) >= 11 is 1.81. The molecule has 0 bridgehead atoms. The van der Waals surface area contributed by atoms with Crippen molar-refractivity contribution in [3.63, 3.8) is 0 Å². The molecule has 10 rings (SSSR count). The Kier molecular flexibility index (Phi) is 7.02. The summed E-state index contributed by atoms with van der Waals surface area (Å²) in [5, 5.41) is 9.87. The molecule has 0 N–H and O–H groups in total. The molecule has 2 aliphatic rings. The van der Waals surface area contributed by atoms with E-state index in [0.717, 1.165) is 39.2 Å². The van der Waals surface area contributed by atoms with Crippen molar-refractivity contribution >= 4 is 11.8 Å². The SMILES string of the molecule is N#Cc1cccc(-c2cccc3c2Sc2c(-c4cc(-c5ccccc5)nc(-c5ccccc5)n4)cccc2C32c3ccccc3-c3ccccc32)c1. The Morgan fingerprint density at radius 3 is 1.60 bits per heavy atom. The van der Waals surface area contributed by atoms with Crippen LogP contribution < -0.4 is 0 Å². The molecule has 8 aromatic rings. The zero-order valence-electron chi connectivity index (χ0n) is 28.0. The average Bonchev–Trinajstić information content (AvgIpc) is 3.51. The summed E-state index contributed by atoms with van der Waals surface area (Å²) < 4.78 is 0. The molecule has 0 saturated carbocycles. The van der Waals surface area contributed by atoms with Crippen molar-refractivity contribution < 1.29 is 0 Å². The van der Waals surface area contributed by atoms with E-state index < -0.39 is 5.41 Å². The highest BCUT2D eigenvalue weighted by Gasteiger charge is 2.51. The minimum Gasteiger partial charge on any atom is -0.228 e. The monoisotopic (exact) mass is 679 g/mol. The van der Waals surface area contributed by atoms with E-state index in [-0.39, 0.29) is 0 Å². The van der Waals surface area contributed by atoms with Crippen LogP contribution in [0.1, 0.15) is 27.8 Å². The van der Waals surface area contributed by atoms with E-state index in [0.29, 0.717) is 11.4 Å². The third kappa shape index (κ3) is 4.53. The number of fused-ring (bicyclic) bond motifs is 9. The van der Waals surface area contributed by atoms with Crippen LogP contribution in [0.25, 0.3) is 56.2 Å². The highest BCUT2D eigenvalue weighted by atomic mass is 32.2. The maximum atomic E-state index is 9.87. The second-order valence-electron chi connectivity index (χ2n) is 13.2. The van der Waals surface area contributed by atoms with E-state index in [1.165, 1.54) is 43.2 Å². The first-order valence-electron chi connectivity index (χ1n) is 17.4. The number of rotatable bonds is 4. The molecule has 0 fully saturated rings. The smallest absolute Gasteiger partial charge is 0.160 e. The van der Waals surface area contributed by atoms with Crippen molar-refractivity contribution in [1.29, 1.82) is 5.26 Å². The van der Waals surface area contributed by atoms with Gasteiger partial charge in [0.15, 0.2) is 5.82 Å². The van der Waals surface area contributed by atoms with Crippen LogP contribution in [0.15, 0.2) is 186 Å². The predicted octanol–water partition coefficient (Wildman–Crippen LogP) is 11.8. The molecule has 2 heterocycles. The quantitative estimate of drug-likeness (QED) is 0.186. The molecule has 1 aromatic heterocycles. The normalized spacial score (nSPS) is 13.1. The first kappa shape index (κ1) is 30.3. The van der Waals surface area contributed by atoms with Gasteiger partial charge in [0.2, 0.25) is 0 Å². The van der Waals surface area contributed by atoms with Crippen molar-refractivity contribution in [3.05, 3.63) is 204 Å². The molecule has 0 unspecified atom stereocenters. The van der Waals surface area contributed by atoms with Gasteiger partial charge in [0.05, 0.1) is 28.4 Å². The topological polar surface area (TPSA) is 49.6 Å². The summed E-state index contributed by atoms with van der Waals surface area (Å²) in [6.07, 6.45) is 0. The molecule has 1 aliphatic carbocycles. The maximum absolute atomic E-state index is 9.87.